The molecule has 0 aliphatic heterocycles. The third-order valence-corrected chi connectivity index (χ3v) is 4.49. The van der Waals surface area contributed by atoms with Crippen LogP contribution in [-0.4, -0.2) is 20.6 Å². The minimum Gasteiger partial charge on any atom is -0.455 e. The summed E-state index contributed by atoms with van der Waals surface area (Å²) in [4.78, 5) is 10.5. The van der Waals surface area contributed by atoms with Gasteiger partial charge in [-0.05, 0) is 30.3 Å². The van der Waals surface area contributed by atoms with Crippen molar-refractivity contribution in [1.29, 1.82) is 0 Å². The number of hydrogen-bond acceptors (Lipinski definition) is 5. The summed E-state index contributed by atoms with van der Waals surface area (Å²) in [5.41, 5.74) is -1.28. The largest absolute Gasteiger partial charge is 0.455 e. The zero-order chi connectivity index (χ0) is 19.7. The van der Waals surface area contributed by atoms with Gasteiger partial charge < -0.3 is 9.47 Å². The molecule has 26 heavy (non-hydrogen) atoms. The van der Waals surface area contributed by atoms with Crippen LogP contribution in [0.2, 0.25) is 5.02 Å². The van der Waals surface area contributed by atoms with Gasteiger partial charge >= 0.3 is 12.1 Å². The summed E-state index contributed by atoms with van der Waals surface area (Å²) < 4.78 is 72.9. The Morgan fingerprint density at radius 3 is 2.27 bits per heavy atom. The molecule has 0 aliphatic rings. The number of ether oxygens (including phenoxy) is 2. The monoisotopic (exact) mass is 408 g/mol. The third kappa shape index (κ3) is 4.89. The molecule has 2 aromatic rings. The van der Waals surface area contributed by atoms with Crippen molar-refractivity contribution in [2.75, 3.05) is 6.26 Å². The molecule has 0 unspecified atom stereocenters. The van der Waals surface area contributed by atoms with Crippen LogP contribution in [0.15, 0.2) is 41.3 Å². The molecule has 0 radical (unpaired) electrons. The molecular weight excluding hydrogens is 397 g/mol. The highest BCUT2D eigenvalue weighted by molar-refractivity contribution is 7.90. The summed E-state index contributed by atoms with van der Waals surface area (Å²) in [5, 5.41) is -0.0267. The number of hydrogen-bond donors (Lipinski definition) is 0. The fourth-order valence-electron chi connectivity index (χ4n) is 1.96. The van der Waals surface area contributed by atoms with Crippen LogP contribution in [0.25, 0.3) is 0 Å². The van der Waals surface area contributed by atoms with E-state index in [2.05, 4.69) is 0 Å². The minimum absolute atomic E-state index is 0.0261. The number of carbonyl (C=O) groups excluding carboxylic acids is 1. The molecular formula is C16H12ClF3O5S. The Labute approximate surface area is 152 Å². The maximum Gasteiger partial charge on any atom is 0.420 e. The molecule has 0 saturated heterocycles. The first kappa shape index (κ1) is 20.1. The van der Waals surface area contributed by atoms with Crippen molar-refractivity contribution in [1.82, 2.24) is 0 Å². The molecule has 0 aromatic heterocycles. The summed E-state index contributed by atoms with van der Waals surface area (Å²) in [6.45, 7) is 1.15. The Balaban J connectivity index is 2.51. The average Bonchev–Trinajstić information content (AvgIpc) is 2.48. The molecule has 0 atom stereocenters. The molecule has 5 nitrogen and oxygen atoms in total. The highest BCUT2D eigenvalue weighted by atomic mass is 35.5. The summed E-state index contributed by atoms with van der Waals surface area (Å²) in [6, 6.07) is 6.13. The number of alkyl halides is 3. The second kappa shape index (κ2) is 7.16. The van der Waals surface area contributed by atoms with Crippen LogP contribution in [0, 0.1) is 0 Å². The second-order valence-corrected chi connectivity index (χ2v) is 7.64. The van der Waals surface area contributed by atoms with E-state index < -0.39 is 38.2 Å². The third-order valence-electron chi connectivity index (χ3n) is 3.07. The molecule has 0 amide bonds. The lowest BCUT2D eigenvalue weighted by atomic mass is 10.2. The van der Waals surface area contributed by atoms with Gasteiger partial charge in [0.25, 0.3) is 0 Å². The Morgan fingerprint density at radius 2 is 1.73 bits per heavy atom. The molecule has 0 fully saturated rings. The summed E-state index contributed by atoms with van der Waals surface area (Å²) in [7, 11) is -3.84. The molecule has 2 aromatic carbocycles. The van der Waals surface area contributed by atoms with Gasteiger partial charge in [-0.25, -0.2) is 8.42 Å². The van der Waals surface area contributed by atoms with E-state index in [1.165, 1.54) is 12.1 Å². The van der Waals surface area contributed by atoms with Crippen LogP contribution in [0.1, 0.15) is 12.5 Å². The highest BCUT2D eigenvalue weighted by Crippen LogP contribution is 2.41. The first-order valence-electron chi connectivity index (χ1n) is 6.95. The van der Waals surface area contributed by atoms with Gasteiger partial charge in [-0.3, -0.25) is 4.79 Å². The van der Waals surface area contributed by atoms with Crippen molar-refractivity contribution in [3.05, 3.63) is 47.0 Å². The number of halogens is 4. The van der Waals surface area contributed by atoms with Gasteiger partial charge in [-0.15, -0.1) is 0 Å². The van der Waals surface area contributed by atoms with Crippen molar-refractivity contribution < 1.29 is 35.9 Å². The molecule has 2 rings (SSSR count). The minimum atomic E-state index is -4.87. The fourth-order valence-corrected chi connectivity index (χ4v) is 2.76. The molecule has 140 valence electrons. The van der Waals surface area contributed by atoms with Crippen LogP contribution >= 0.6 is 11.6 Å². The van der Waals surface area contributed by atoms with Gasteiger partial charge in [0, 0.05) is 19.2 Å². The number of esters is 1. The van der Waals surface area contributed by atoms with Gasteiger partial charge in [0.1, 0.15) is 17.2 Å². The van der Waals surface area contributed by atoms with Crippen LogP contribution in [-0.2, 0) is 20.8 Å². The smallest absolute Gasteiger partial charge is 0.420 e. The lowest BCUT2D eigenvalue weighted by molar-refractivity contribution is -0.138. The quantitative estimate of drug-likeness (QED) is 0.551. The van der Waals surface area contributed by atoms with E-state index >= 15 is 0 Å². The summed E-state index contributed by atoms with van der Waals surface area (Å²) in [6.07, 6.45) is -4.07. The van der Waals surface area contributed by atoms with E-state index in [0.717, 1.165) is 31.4 Å². The maximum absolute atomic E-state index is 13.3. The first-order valence-corrected chi connectivity index (χ1v) is 9.22. The average molecular weight is 409 g/mol. The number of carbonyl (C=O) groups is 1. The van der Waals surface area contributed by atoms with Crippen LogP contribution in [0.3, 0.4) is 0 Å². The van der Waals surface area contributed by atoms with Crippen molar-refractivity contribution in [2.45, 2.75) is 18.0 Å². The number of sulfone groups is 1. The van der Waals surface area contributed by atoms with E-state index in [0.29, 0.717) is 6.07 Å². The van der Waals surface area contributed by atoms with E-state index in [1.54, 1.807) is 0 Å². The zero-order valence-corrected chi connectivity index (χ0v) is 15.0. The normalized spacial score (nSPS) is 11.9. The Bertz CT molecular complexity index is 955. The summed E-state index contributed by atoms with van der Waals surface area (Å²) in [5.74, 6) is -1.44. The number of benzene rings is 2. The van der Waals surface area contributed by atoms with Crippen LogP contribution in [0.4, 0.5) is 13.2 Å². The maximum atomic E-state index is 13.3. The molecule has 0 spiro atoms. The SMILES string of the molecule is CC(=O)Oc1ccc(Cl)c(Oc2ccc(S(C)(=O)=O)cc2C(F)(F)F)c1. The van der Waals surface area contributed by atoms with Gasteiger partial charge in [0.2, 0.25) is 0 Å². The fraction of sp³-hybridized carbons (Fsp3) is 0.188. The predicted molar refractivity (Wildman–Crippen MR) is 87.4 cm³/mol. The van der Waals surface area contributed by atoms with Crippen molar-refractivity contribution in [3.63, 3.8) is 0 Å². The van der Waals surface area contributed by atoms with E-state index in [4.69, 9.17) is 21.1 Å². The number of rotatable bonds is 4. The standard InChI is InChI=1S/C16H12ClF3O5S/c1-9(21)24-10-3-5-13(17)15(7-10)25-14-6-4-11(26(2,22)23)8-12(14)16(18,19)20/h3-8H,1-2H3. The van der Waals surface area contributed by atoms with Crippen molar-refractivity contribution in [2.24, 2.45) is 0 Å². The zero-order valence-electron chi connectivity index (χ0n) is 13.4. The lowest BCUT2D eigenvalue weighted by Gasteiger charge is -2.16. The van der Waals surface area contributed by atoms with Gasteiger partial charge in [-0.1, -0.05) is 11.6 Å². The molecule has 0 aliphatic carbocycles. The Morgan fingerprint density at radius 1 is 1.08 bits per heavy atom. The Hall–Kier alpha value is -2.26. The van der Waals surface area contributed by atoms with Gasteiger partial charge in [0.15, 0.2) is 9.84 Å². The van der Waals surface area contributed by atoms with Crippen molar-refractivity contribution in [3.8, 4) is 17.2 Å². The lowest BCUT2D eigenvalue weighted by Crippen LogP contribution is -2.09. The molecule has 0 saturated carbocycles. The van der Waals surface area contributed by atoms with Gasteiger partial charge in [0.05, 0.1) is 15.5 Å². The van der Waals surface area contributed by atoms with Crippen molar-refractivity contribution >= 4 is 27.4 Å². The molecule has 0 heterocycles. The predicted octanol–water partition coefficient (Wildman–Crippen LogP) is 4.48. The molecule has 0 bridgehead atoms. The van der Waals surface area contributed by atoms with E-state index in [-0.39, 0.29) is 16.5 Å². The van der Waals surface area contributed by atoms with Crippen LogP contribution < -0.4 is 9.47 Å². The molecule has 10 heteroatoms. The first-order chi connectivity index (χ1) is 11.9. The van der Waals surface area contributed by atoms with E-state index in [1.807, 2.05) is 0 Å². The summed E-state index contributed by atoms with van der Waals surface area (Å²) >= 11 is 5.91. The van der Waals surface area contributed by atoms with E-state index in [9.17, 15) is 26.4 Å². The van der Waals surface area contributed by atoms with Crippen LogP contribution in [0.5, 0.6) is 17.2 Å². The highest BCUT2D eigenvalue weighted by Gasteiger charge is 2.36. The second-order valence-electron chi connectivity index (χ2n) is 5.22. The molecule has 0 N–H and O–H groups in total. The topological polar surface area (TPSA) is 69.7 Å². The van der Waals surface area contributed by atoms with Gasteiger partial charge in [-0.2, -0.15) is 13.2 Å². The Kier molecular flexibility index (Phi) is 5.52.